The number of hydrogen-bond donors (Lipinski definition) is 2. The van der Waals surface area contributed by atoms with Crippen LogP contribution in [-0.4, -0.2) is 17.9 Å². The first kappa shape index (κ1) is 15.5. The van der Waals surface area contributed by atoms with Crippen LogP contribution in [0.2, 0.25) is 0 Å². The molecule has 2 aliphatic rings. The van der Waals surface area contributed by atoms with Crippen LogP contribution >= 0.6 is 15.9 Å². The Morgan fingerprint density at radius 1 is 1.09 bits per heavy atom. The van der Waals surface area contributed by atoms with Crippen molar-refractivity contribution in [3.8, 4) is 0 Å². The molecule has 0 aliphatic heterocycles. The summed E-state index contributed by atoms with van der Waals surface area (Å²) in [5.41, 5.74) is -0.129. The molecule has 2 fully saturated rings. The van der Waals surface area contributed by atoms with E-state index >= 15 is 0 Å². The lowest BCUT2D eigenvalue weighted by Gasteiger charge is -2.25. The highest BCUT2D eigenvalue weighted by Gasteiger charge is 2.56. The summed E-state index contributed by atoms with van der Waals surface area (Å²) in [6, 6.07) is 7.68. The van der Waals surface area contributed by atoms with Gasteiger partial charge < -0.3 is 10.6 Å². The molecule has 0 spiro atoms. The van der Waals surface area contributed by atoms with Gasteiger partial charge in [0.25, 0.3) is 0 Å². The second-order valence-corrected chi connectivity index (χ2v) is 7.27. The van der Waals surface area contributed by atoms with Crippen LogP contribution in [0, 0.1) is 5.41 Å². The third kappa shape index (κ3) is 3.35. The minimum absolute atomic E-state index is 0.0908. The molecule has 0 aromatic heterocycles. The van der Waals surface area contributed by atoms with E-state index in [1.165, 1.54) is 19.3 Å². The number of rotatable bonds is 4. The maximum absolute atomic E-state index is 12.5. The fraction of sp³-hybridized carbons (Fsp3) is 0.529. The lowest BCUT2D eigenvalue weighted by atomic mass is 9.94. The average molecular weight is 365 g/mol. The number of carbonyl (C=O) groups excluding carboxylic acids is 2. The Hall–Kier alpha value is -1.36. The van der Waals surface area contributed by atoms with E-state index in [1.807, 2.05) is 24.3 Å². The molecule has 0 bridgehead atoms. The highest BCUT2D eigenvalue weighted by Crippen LogP contribution is 2.47. The van der Waals surface area contributed by atoms with E-state index in [1.54, 1.807) is 0 Å². The van der Waals surface area contributed by atoms with Crippen LogP contribution < -0.4 is 10.6 Å². The van der Waals surface area contributed by atoms with Gasteiger partial charge in [0.15, 0.2) is 0 Å². The van der Waals surface area contributed by atoms with E-state index in [4.69, 9.17) is 0 Å². The molecule has 2 saturated carbocycles. The standard InChI is InChI=1S/C17H21BrN2O2/c18-12-5-4-8-14(11-12)20-16(22)17(9-10-17)15(21)19-13-6-2-1-3-7-13/h4-5,8,11,13H,1-3,6-7,9-10H2,(H,19,21)(H,20,22). The van der Waals surface area contributed by atoms with Crippen molar-refractivity contribution in [3.05, 3.63) is 28.7 Å². The van der Waals surface area contributed by atoms with Crippen molar-refractivity contribution in [1.29, 1.82) is 0 Å². The maximum Gasteiger partial charge on any atom is 0.240 e. The zero-order valence-electron chi connectivity index (χ0n) is 12.5. The molecule has 0 radical (unpaired) electrons. The number of carbonyl (C=O) groups is 2. The topological polar surface area (TPSA) is 58.2 Å². The van der Waals surface area contributed by atoms with Gasteiger partial charge in [0, 0.05) is 16.2 Å². The molecule has 118 valence electrons. The quantitative estimate of drug-likeness (QED) is 0.801. The predicted octanol–water partition coefficient (Wildman–Crippen LogP) is 3.62. The van der Waals surface area contributed by atoms with E-state index < -0.39 is 5.41 Å². The molecule has 2 aliphatic carbocycles. The van der Waals surface area contributed by atoms with Gasteiger partial charge in [-0.3, -0.25) is 9.59 Å². The SMILES string of the molecule is O=C(Nc1cccc(Br)c1)C1(C(=O)NC2CCCCC2)CC1. The predicted molar refractivity (Wildman–Crippen MR) is 89.5 cm³/mol. The van der Waals surface area contributed by atoms with Gasteiger partial charge >= 0.3 is 0 Å². The van der Waals surface area contributed by atoms with Gasteiger partial charge in [-0.1, -0.05) is 41.3 Å². The van der Waals surface area contributed by atoms with E-state index in [2.05, 4.69) is 26.6 Å². The number of benzene rings is 1. The molecular formula is C17H21BrN2O2. The summed E-state index contributed by atoms with van der Waals surface area (Å²) in [7, 11) is 0. The van der Waals surface area contributed by atoms with Gasteiger partial charge in [-0.2, -0.15) is 0 Å². The summed E-state index contributed by atoms with van der Waals surface area (Å²) in [4.78, 5) is 25.0. The molecule has 0 saturated heterocycles. The Morgan fingerprint density at radius 3 is 2.45 bits per heavy atom. The van der Waals surface area contributed by atoms with Crippen molar-refractivity contribution in [1.82, 2.24) is 5.32 Å². The first-order valence-electron chi connectivity index (χ1n) is 7.98. The third-order valence-electron chi connectivity index (χ3n) is 4.64. The molecule has 1 aromatic carbocycles. The van der Waals surface area contributed by atoms with Gasteiger partial charge in [0.05, 0.1) is 0 Å². The molecule has 0 heterocycles. The largest absolute Gasteiger partial charge is 0.352 e. The van der Waals surface area contributed by atoms with Crippen LogP contribution in [0.5, 0.6) is 0 Å². The molecule has 0 unspecified atom stereocenters. The summed E-state index contributed by atoms with van der Waals surface area (Å²) in [6.07, 6.45) is 6.95. The monoisotopic (exact) mass is 364 g/mol. The second-order valence-electron chi connectivity index (χ2n) is 6.35. The Labute approximate surface area is 139 Å². The molecule has 1 aromatic rings. The summed E-state index contributed by atoms with van der Waals surface area (Å²) in [5.74, 6) is -0.272. The summed E-state index contributed by atoms with van der Waals surface area (Å²) in [5, 5.41) is 5.96. The van der Waals surface area contributed by atoms with Crippen molar-refractivity contribution < 1.29 is 9.59 Å². The molecular weight excluding hydrogens is 344 g/mol. The summed E-state index contributed by atoms with van der Waals surface area (Å²) < 4.78 is 0.904. The molecule has 5 heteroatoms. The van der Waals surface area contributed by atoms with Crippen LogP contribution in [0.4, 0.5) is 5.69 Å². The minimum Gasteiger partial charge on any atom is -0.352 e. The Balaban J connectivity index is 1.62. The molecule has 2 amide bonds. The maximum atomic E-state index is 12.5. The van der Waals surface area contributed by atoms with Gasteiger partial charge in [0.1, 0.15) is 5.41 Å². The second kappa shape index (κ2) is 6.41. The minimum atomic E-state index is -0.847. The smallest absolute Gasteiger partial charge is 0.240 e. The number of amides is 2. The fourth-order valence-electron chi connectivity index (χ4n) is 3.07. The van der Waals surface area contributed by atoms with Crippen molar-refractivity contribution >= 4 is 33.4 Å². The molecule has 3 rings (SSSR count). The zero-order valence-corrected chi connectivity index (χ0v) is 14.1. The average Bonchev–Trinajstić information content (AvgIpc) is 3.30. The lowest BCUT2D eigenvalue weighted by molar-refractivity contribution is -0.135. The van der Waals surface area contributed by atoms with Gasteiger partial charge in [-0.15, -0.1) is 0 Å². The Bertz CT molecular complexity index is 578. The molecule has 2 N–H and O–H groups in total. The zero-order chi connectivity index (χ0) is 15.6. The van der Waals surface area contributed by atoms with E-state index in [0.717, 1.165) is 23.0 Å². The highest BCUT2D eigenvalue weighted by atomic mass is 79.9. The normalized spacial score (nSPS) is 20.2. The number of halogens is 1. The molecule has 4 nitrogen and oxygen atoms in total. The Kier molecular flexibility index (Phi) is 4.52. The van der Waals surface area contributed by atoms with Crippen molar-refractivity contribution in [2.75, 3.05) is 5.32 Å². The Morgan fingerprint density at radius 2 is 1.82 bits per heavy atom. The van der Waals surface area contributed by atoms with Crippen LogP contribution in [-0.2, 0) is 9.59 Å². The number of anilines is 1. The fourth-order valence-corrected chi connectivity index (χ4v) is 3.47. The number of nitrogens with one attached hydrogen (secondary N) is 2. The van der Waals surface area contributed by atoms with Crippen LogP contribution in [0.1, 0.15) is 44.9 Å². The van der Waals surface area contributed by atoms with Gasteiger partial charge in [-0.05, 0) is 43.9 Å². The molecule has 22 heavy (non-hydrogen) atoms. The van der Waals surface area contributed by atoms with Gasteiger partial charge in [0.2, 0.25) is 11.8 Å². The van der Waals surface area contributed by atoms with Crippen LogP contribution in [0.25, 0.3) is 0 Å². The first-order chi connectivity index (χ1) is 10.6. The van der Waals surface area contributed by atoms with E-state index in [0.29, 0.717) is 12.8 Å². The lowest BCUT2D eigenvalue weighted by Crippen LogP contribution is -2.45. The number of hydrogen-bond acceptors (Lipinski definition) is 2. The van der Waals surface area contributed by atoms with Crippen LogP contribution in [0.15, 0.2) is 28.7 Å². The third-order valence-corrected chi connectivity index (χ3v) is 5.14. The van der Waals surface area contributed by atoms with Crippen LogP contribution in [0.3, 0.4) is 0 Å². The summed E-state index contributed by atoms with van der Waals surface area (Å²) >= 11 is 3.38. The van der Waals surface area contributed by atoms with Crippen molar-refractivity contribution in [2.24, 2.45) is 5.41 Å². The highest BCUT2D eigenvalue weighted by molar-refractivity contribution is 9.10. The molecule has 0 atom stereocenters. The van der Waals surface area contributed by atoms with Crippen molar-refractivity contribution in [2.45, 2.75) is 51.0 Å². The van der Waals surface area contributed by atoms with Gasteiger partial charge in [-0.25, -0.2) is 0 Å². The van der Waals surface area contributed by atoms with Crippen molar-refractivity contribution in [3.63, 3.8) is 0 Å². The van der Waals surface area contributed by atoms with E-state index in [-0.39, 0.29) is 17.9 Å². The first-order valence-corrected chi connectivity index (χ1v) is 8.77. The van der Waals surface area contributed by atoms with E-state index in [9.17, 15) is 9.59 Å². The summed E-state index contributed by atoms with van der Waals surface area (Å²) in [6.45, 7) is 0.